The van der Waals surface area contributed by atoms with Crippen molar-refractivity contribution in [3.63, 3.8) is 0 Å². The zero-order chi connectivity index (χ0) is 21.6. The molecule has 0 spiro atoms. The van der Waals surface area contributed by atoms with E-state index in [-0.39, 0.29) is 33.9 Å². The first-order valence-electron chi connectivity index (χ1n) is 10.6. The van der Waals surface area contributed by atoms with E-state index < -0.39 is 5.82 Å². The zero-order valence-corrected chi connectivity index (χ0v) is 17.5. The van der Waals surface area contributed by atoms with Crippen LogP contribution in [-0.4, -0.2) is 51.2 Å². The number of H-pyrrole nitrogens is 2. The third kappa shape index (κ3) is 2.37. The maximum Gasteiger partial charge on any atom is 0.323 e. The van der Waals surface area contributed by atoms with Crippen LogP contribution in [0.3, 0.4) is 0 Å². The Labute approximate surface area is 185 Å². The van der Waals surface area contributed by atoms with E-state index in [1.54, 1.807) is 18.2 Å². The number of ether oxygens (including phenoxy) is 1. The molecule has 2 aromatic heterocycles. The average molecular weight is 453 g/mol. The normalized spacial score (nSPS) is 23.9. The maximum absolute atomic E-state index is 16.0. The molecule has 7 rings (SSSR count). The Morgan fingerprint density at radius 3 is 3.03 bits per heavy atom. The van der Waals surface area contributed by atoms with Crippen molar-refractivity contribution < 1.29 is 9.13 Å². The highest BCUT2D eigenvalue weighted by Crippen LogP contribution is 2.49. The van der Waals surface area contributed by atoms with E-state index in [0.717, 1.165) is 19.4 Å². The van der Waals surface area contributed by atoms with Crippen LogP contribution in [0.15, 0.2) is 29.3 Å². The Balaban J connectivity index is 1.53. The molecule has 2 bridgehead atoms. The van der Waals surface area contributed by atoms with Crippen LogP contribution < -0.4 is 20.6 Å². The highest BCUT2D eigenvalue weighted by atomic mass is 35.5. The summed E-state index contributed by atoms with van der Waals surface area (Å²) in [5.74, 6) is 0.479. The van der Waals surface area contributed by atoms with Gasteiger partial charge in [-0.3, -0.25) is 0 Å². The molecule has 3 atom stereocenters. The van der Waals surface area contributed by atoms with Gasteiger partial charge in [-0.25, -0.2) is 19.2 Å². The number of imidazole rings is 1. The summed E-state index contributed by atoms with van der Waals surface area (Å²) in [5, 5.41) is 4.30. The van der Waals surface area contributed by atoms with Gasteiger partial charge in [-0.05, 0) is 18.9 Å². The third-order valence-electron chi connectivity index (χ3n) is 6.95. The monoisotopic (exact) mass is 452 g/mol. The summed E-state index contributed by atoms with van der Waals surface area (Å²) in [6.07, 6.45) is 3.56. The Morgan fingerprint density at radius 1 is 1.22 bits per heavy atom. The van der Waals surface area contributed by atoms with Gasteiger partial charge in [-0.15, -0.1) is 0 Å². The molecule has 0 amide bonds. The highest BCUT2D eigenvalue weighted by Gasteiger charge is 2.44. The number of fused-ring (bicyclic) bond motifs is 6. The van der Waals surface area contributed by atoms with Gasteiger partial charge in [0.1, 0.15) is 24.3 Å². The lowest BCUT2D eigenvalue weighted by Crippen LogP contribution is -2.60. The lowest BCUT2D eigenvalue weighted by atomic mass is 10.00. The number of hydrogen-bond donors (Lipinski definition) is 3. The lowest BCUT2D eigenvalue weighted by molar-refractivity contribution is 0.244. The second-order valence-electron chi connectivity index (χ2n) is 8.64. The Kier molecular flexibility index (Phi) is 3.70. The summed E-state index contributed by atoms with van der Waals surface area (Å²) in [7, 11) is 0. The quantitative estimate of drug-likeness (QED) is 0.410. The molecule has 32 heavy (non-hydrogen) atoms. The second kappa shape index (κ2) is 6.43. The Hall–Kier alpha value is -3.17. The fraction of sp³-hybridized carbons (Fsp3) is 0.318. The topological polar surface area (TPSA) is 98.9 Å². The van der Waals surface area contributed by atoms with Gasteiger partial charge in [-0.2, -0.15) is 0 Å². The number of nitrogens with one attached hydrogen (secondary N) is 3. The fourth-order valence-corrected chi connectivity index (χ4v) is 5.89. The third-order valence-corrected chi connectivity index (χ3v) is 7.31. The zero-order valence-electron chi connectivity index (χ0n) is 16.8. The van der Waals surface area contributed by atoms with E-state index in [1.165, 1.54) is 6.33 Å². The average Bonchev–Trinajstić information content (AvgIpc) is 3.31. The number of aromatic nitrogens is 4. The van der Waals surface area contributed by atoms with E-state index in [9.17, 15) is 4.79 Å². The van der Waals surface area contributed by atoms with Crippen molar-refractivity contribution >= 4 is 39.4 Å². The molecular weight excluding hydrogens is 435 g/mol. The maximum atomic E-state index is 16.0. The molecule has 2 fully saturated rings. The molecule has 0 radical (unpaired) electrons. The largest absolute Gasteiger partial charge is 0.489 e. The van der Waals surface area contributed by atoms with Crippen molar-refractivity contribution in [3.05, 3.63) is 45.9 Å². The van der Waals surface area contributed by atoms with Crippen molar-refractivity contribution in [1.82, 2.24) is 25.3 Å². The number of rotatable bonds is 1. The molecule has 162 valence electrons. The van der Waals surface area contributed by atoms with E-state index in [0.29, 0.717) is 46.2 Å². The van der Waals surface area contributed by atoms with Crippen LogP contribution >= 0.6 is 11.6 Å². The number of anilines is 1. The van der Waals surface area contributed by atoms with Crippen LogP contribution in [-0.2, 0) is 0 Å². The summed E-state index contributed by atoms with van der Waals surface area (Å²) >= 11 is 6.83. The summed E-state index contributed by atoms with van der Waals surface area (Å²) in [6.45, 7) is 1.19. The van der Waals surface area contributed by atoms with Crippen molar-refractivity contribution in [2.75, 3.05) is 18.1 Å². The van der Waals surface area contributed by atoms with Crippen LogP contribution in [0.1, 0.15) is 12.8 Å². The molecule has 3 aliphatic heterocycles. The summed E-state index contributed by atoms with van der Waals surface area (Å²) in [4.78, 5) is 28.4. The minimum absolute atomic E-state index is 0.0753. The first-order chi connectivity index (χ1) is 15.6. The van der Waals surface area contributed by atoms with Crippen LogP contribution in [0.2, 0.25) is 5.02 Å². The minimum atomic E-state index is -0.563. The molecule has 0 unspecified atom stereocenters. The number of benzene rings is 2. The van der Waals surface area contributed by atoms with Crippen LogP contribution in [0, 0.1) is 5.82 Å². The predicted molar refractivity (Wildman–Crippen MR) is 119 cm³/mol. The van der Waals surface area contributed by atoms with Crippen molar-refractivity contribution in [3.8, 4) is 16.9 Å². The molecule has 10 heteroatoms. The fourth-order valence-electron chi connectivity index (χ4n) is 5.55. The molecule has 2 aromatic carbocycles. The summed E-state index contributed by atoms with van der Waals surface area (Å²) in [6, 6.07) is 5.95. The molecule has 5 heterocycles. The summed E-state index contributed by atoms with van der Waals surface area (Å²) < 4.78 is 22.3. The molecule has 2 saturated heterocycles. The second-order valence-corrected chi connectivity index (χ2v) is 9.02. The first-order valence-corrected chi connectivity index (χ1v) is 11.0. The molecule has 4 aromatic rings. The van der Waals surface area contributed by atoms with Gasteiger partial charge >= 0.3 is 5.69 Å². The number of halogens is 2. The van der Waals surface area contributed by atoms with Gasteiger partial charge in [0.15, 0.2) is 11.6 Å². The Bertz CT molecular complexity index is 1480. The highest BCUT2D eigenvalue weighted by molar-refractivity contribution is 6.37. The Morgan fingerprint density at radius 2 is 2.12 bits per heavy atom. The van der Waals surface area contributed by atoms with Crippen LogP contribution in [0.5, 0.6) is 5.75 Å². The van der Waals surface area contributed by atoms with E-state index in [4.69, 9.17) is 16.3 Å². The van der Waals surface area contributed by atoms with Gasteiger partial charge in [0, 0.05) is 29.8 Å². The van der Waals surface area contributed by atoms with Gasteiger partial charge in [-0.1, -0.05) is 23.7 Å². The number of nitrogens with zero attached hydrogens (tertiary/aromatic N) is 3. The molecule has 3 N–H and O–H groups in total. The van der Waals surface area contributed by atoms with E-state index in [2.05, 4.69) is 30.2 Å². The van der Waals surface area contributed by atoms with Crippen molar-refractivity contribution in [1.29, 1.82) is 0 Å². The number of aromatic amines is 2. The van der Waals surface area contributed by atoms with Gasteiger partial charge < -0.3 is 24.9 Å². The van der Waals surface area contributed by atoms with E-state index in [1.807, 2.05) is 0 Å². The van der Waals surface area contributed by atoms with Gasteiger partial charge in [0.25, 0.3) is 0 Å². The number of hydrogen-bond acceptors (Lipinski definition) is 6. The lowest BCUT2D eigenvalue weighted by Gasteiger charge is -2.40. The molecule has 3 aliphatic rings. The SMILES string of the molecule is O=c1[nH]c2cccc(-c3c(Cl)c4c5c(ncnc5c3F)N3C[C@@H]5CC[C@@H](N5)[C@H]3CO4)c2[nH]1. The molecular formula is C22H18ClFN6O2. The number of piperazine rings is 1. The van der Waals surface area contributed by atoms with Crippen molar-refractivity contribution in [2.45, 2.75) is 31.0 Å². The predicted octanol–water partition coefficient (Wildman–Crippen LogP) is 2.96. The molecule has 0 aliphatic carbocycles. The minimum Gasteiger partial charge on any atom is -0.489 e. The van der Waals surface area contributed by atoms with Gasteiger partial charge in [0.2, 0.25) is 0 Å². The summed E-state index contributed by atoms with van der Waals surface area (Å²) in [5.41, 5.74) is 1.45. The van der Waals surface area contributed by atoms with E-state index >= 15 is 4.39 Å². The number of para-hydroxylation sites is 1. The van der Waals surface area contributed by atoms with Crippen molar-refractivity contribution in [2.24, 2.45) is 0 Å². The molecule has 8 nitrogen and oxygen atoms in total. The standard InChI is InChI=1S/C22H18ClFN6O2/c23-16-14(10-2-1-3-12-18(10)29-22(31)28-12)17(24)19-15-20(16)32-7-13-11-5-4-9(27-11)6-30(13)21(15)26-8-25-19/h1-3,8-9,11,13,27H,4-7H2,(H2,28,29,31)/t9-,11+,13+/m0/s1. The molecule has 0 saturated carbocycles. The smallest absolute Gasteiger partial charge is 0.323 e. The van der Waals surface area contributed by atoms with Gasteiger partial charge in [0.05, 0.1) is 27.5 Å². The first kappa shape index (κ1) is 18.4. The van der Waals surface area contributed by atoms with Crippen LogP contribution in [0.4, 0.5) is 10.2 Å². The van der Waals surface area contributed by atoms with Crippen LogP contribution in [0.25, 0.3) is 33.1 Å².